The SMILES string of the molecule is CCOC(=O)N1CCN(S(=O)(=O)c2ccc(C(=O)Nc3nnc(-c4ccc(S(=O)(=O)CC)cc4)o3)cc2)CC1. The van der Waals surface area contributed by atoms with Crippen molar-refractivity contribution in [3.05, 3.63) is 54.1 Å². The van der Waals surface area contributed by atoms with Crippen molar-refractivity contribution in [2.75, 3.05) is 43.9 Å². The minimum absolute atomic E-state index is 0.0113. The molecule has 4 rings (SSSR count). The van der Waals surface area contributed by atoms with Crippen molar-refractivity contribution in [1.29, 1.82) is 0 Å². The van der Waals surface area contributed by atoms with E-state index in [1.165, 1.54) is 57.7 Å². The summed E-state index contributed by atoms with van der Waals surface area (Å²) in [4.78, 5) is 26.1. The van der Waals surface area contributed by atoms with Gasteiger partial charge in [-0.2, -0.15) is 4.31 Å². The average molecular weight is 578 g/mol. The van der Waals surface area contributed by atoms with E-state index in [2.05, 4.69) is 15.5 Å². The summed E-state index contributed by atoms with van der Waals surface area (Å²) in [6.07, 6.45) is -0.474. The van der Waals surface area contributed by atoms with Gasteiger partial charge in [-0.15, -0.1) is 5.10 Å². The molecule has 0 radical (unpaired) electrons. The summed E-state index contributed by atoms with van der Waals surface area (Å²) in [6.45, 7) is 4.18. The molecule has 2 aromatic carbocycles. The maximum Gasteiger partial charge on any atom is 0.409 e. The summed E-state index contributed by atoms with van der Waals surface area (Å²) in [5.41, 5.74) is 0.630. The molecule has 0 spiro atoms. The van der Waals surface area contributed by atoms with Gasteiger partial charge >= 0.3 is 12.1 Å². The van der Waals surface area contributed by atoms with Gasteiger partial charge in [-0.25, -0.2) is 21.6 Å². The van der Waals surface area contributed by atoms with Crippen molar-refractivity contribution < 1.29 is 35.6 Å². The van der Waals surface area contributed by atoms with Crippen LogP contribution in [-0.2, 0) is 24.6 Å². The number of anilines is 1. The van der Waals surface area contributed by atoms with Gasteiger partial charge in [0.05, 0.1) is 22.2 Å². The molecule has 0 atom stereocenters. The summed E-state index contributed by atoms with van der Waals surface area (Å²) >= 11 is 0. The Labute approximate surface area is 225 Å². The van der Waals surface area contributed by atoms with Crippen molar-refractivity contribution >= 4 is 37.9 Å². The van der Waals surface area contributed by atoms with E-state index >= 15 is 0 Å². The quantitative estimate of drug-likeness (QED) is 0.419. The molecular weight excluding hydrogens is 550 g/mol. The van der Waals surface area contributed by atoms with Crippen LogP contribution < -0.4 is 5.32 Å². The molecule has 3 aromatic rings. The van der Waals surface area contributed by atoms with Gasteiger partial charge in [0.2, 0.25) is 15.9 Å². The molecule has 15 heteroatoms. The van der Waals surface area contributed by atoms with Crippen LogP contribution in [-0.4, -0.2) is 86.8 Å². The fourth-order valence-electron chi connectivity index (χ4n) is 3.78. The van der Waals surface area contributed by atoms with Gasteiger partial charge in [0.15, 0.2) is 9.84 Å². The Morgan fingerprint density at radius 1 is 0.897 bits per heavy atom. The highest BCUT2D eigenvalue weighted by Gasteiger charge is 2.30. The van der Waals surface area contributed by atoms with E-state index in [4.69, 9.17) is 9.15 Å². The molecular formula is C24H27N5O8S2. The number of carbonyl (C=O) groups is 2. The highest BCUT2D eigenvalue weighted by atomic mass is 32.2. The minimum atomic E-state index is -3.82. The third kappa shape index (κ3) is 6.26. The summed E-state index contributed by atoms with van der Waals surface area (Å²) in [7, 11) is -7.17. The number of piperazine rings is 1. The Hall–Kier alpha value is -3.82. The Bertz CT molecular complexity index is 1540. The second-order valence-electron chi connectivity index (χ2n) is 8.41. The molecule has 0 saturated carbocycles. The van der Waals surface area contributed by atoms with Crippen molar-refractivity contribution in [1.82, 2.24) is 19.4 Å². The van der Waals surface area contributed by atoms with E-state index in [1.54, 1.807) is 13.8 Å². The summed E-state index contributed by atoms with van der Waals surface area (Å²) in [5, 5.41) is 10.1. The standard InChI is InChI=1S/C24H27N5O8S2/c1-3-36-24(31)28-13-15-29(16-14-28)39(34,35)20-11-5-17(6-12-20)21(30)25-23-27-26-22(37-23)18-7-9-19(10-8-18)38(32,33)4-2/h5-12H,3-4,13-16H2,1-2H3,(H,25,27,30). The van der Waals surface area contributed by atoms with E-state index in [0.717, 1.165) is 0 Å². The van der Waals surface area contributed by atoms with Crippen molar-refractivity contribution in [2.24, 2.45) is 0 Å². The normalized spacial score (nSPS) is 14.7. The number of sulfone groups is 1. The van der Waals surface area contributed by atoms with Crippen LogP contribution in [0.1, 0.15) is 24.2 Å². The molecule has 1 aliphatic rings. The zero-order chi connectivity index (χ0) is 28.2. The topological polar surface area (TPSA) is 169 Å². The summed E-state index contributed by atoms with van der Waals surface area (Å²) < 4.78 is 61.7. The number of sulfonamides is 1. The average Bonchev–Trinajstić information content (AvgIpc) is 3.41. The number of aromatic nitrogens is 2. The number of hydrogen-bond donors (Lipinski definition) is 1. The molecule has 1 aromatic heterocycles. The fraction of sp³-hybridized carbons (Fsp3) is 0.333. The van der Waals surface area contributed by atoms with Crippen molar-refractivity contribution in [3.63, 3.8) is 0 Å². The Morgan fingerprint density at radius 3 is 2.10 bits per heavy atom. The van der Waals surface area contributed by atoms with E-state index in [1.807, 2.05) is 0 Å². The minimum Gasteiger partial charge on any atom is -0.450 e. The summed E-state index contributed by atoms with van der Waals surface area (Å²) in [6, 6.07) is 11.1. The number of ether oxygens (including phenoxy) is 1. The first-order valence-electron chi connectivity index (χ1n) is 12.0. The van der Waals surface area contributed by atoms with Crippen LogP contribution in [0.5, 0.6) is 0 Å². The highest BCUT2D eigenvalue weighted by molar-refractivity contribution is 7.91. The van der Waals surface area contributed by atoms with Crippen LogP contribution in [0, 0.1) is 0 Å². The lowest BCUT2D eigenvalue weighted by molar-refractivity contribution is 0.0933. The van der Waals surface area contributed by atoms with E-state index < -0.39 is 31.9 Å². The van der Waals surface area contributed by atoms with Crippen LogP contribution in [0.4, 0.5) is 10.8 Å². The monoisotopic (exact) mass is 577 g/mol. The van der Waals surface area contributed by atoms with Crippen LogP contribution >= 0.6 is 0 Å². The Balaban J connectivity index is 1.38. The van der Waals surface area contributed by atoms with Crippen LogP contribution in [0.25, 0.3) is 11.5 Å². The molecule has 1 saturated heterocycles. The van der Waals surface area contributed by atoms with E-state index in [-0.39, 0.29) is 65.8 Å². The zero-order valence-corrected chi connectivity index (χ0v) is 22.9. The van der Waals surface area contributed by atoms with Gasteiger partial charge in [0.25, 0.3) is 5.91 Å². The molecule has 2 heterocycles. The lowest BCUT2D eigenvalue weighted by atomic mass is 10.2. The number of carbonyl (C=O) groups excluding carboxylic acids is 2. The third-order valence-electron chi connectivity index (χ3n) is 6.00. The smallest absolute Gasteiger partial charge is 0.409 e. The van der Waals surface area contributed by atoms with Crippen molar-refractivity contribution in [2.45, 2.75) is 23.6 Å². The number of hydrogen-bond acceptors (Lipinski definition) is 10. The first kappa shape index (κ1) is 28.2. The maximum atomic E-state index is 13.0. The lowest BCUT2D eigenvalue weighted by Crippen LogP contribution is -2.50. The Morgan fingerprint density at radius 2 is 1.51 bits per heavy atom. The number of nitrogens with zero attached hydrogens (tertiary/aromatic N) is 4. The maximum absolute atomic E-state index is 13.0. The second-order valence-corrected chi connectivity index (χ2v) is 12.6. The first-order chi connectivity index (χ1) is 18.5. The number of amides is 2. The molecule has 1 N–H and O–H groups in total. The number of nitrogens with one attached hydrogen (secondary N) is 1. The predicted octanol–water partition coefficient (Wildman–Crippen LogP) is 2.25. The molecule has 2 amide bonds. The Kier molecular flexibility index (Phi) is 8.32. The van der Waals surface area contributed by atoms with E-state index in [0.29, 0.717) is 5.56 Å². The first-order valence-corrected chi connectivity index (χ1v) is 15.1. The predicted molar refractivity (Wildman–Crippen MR) is 139 cm³/mol. The van der Waals surface area contributed by atoms with Gasteiger partial charge in [0, 0.05) is 37.3 Å². The van der Waals surface area contributed by atoms with Crippen LogP contribution in [0.2, 0.25) is 0 Å². The van der Waals surface area contributed by atoms with Crippen LogP contribution in [0.3, 0.4) is 0 Å². The zero-order valence-electron chi connectivity index (χ0n) is 21.2. The fourth-order valence-corrected chi connectivity index (χ4v) is 6.09. The lowest BCUT2D eigenvalue weighted by Gasteiger charge is -2.33. The van der Waals surface area contributed by atoms with Gasteiger partial charge in [0.1, 0.15) is 0 Å². The van der Waals surface area contributed by atoms with Gasteiger partial charge in [-0.05, 0) is 55.5 Å². The largest absolute Gasteiger partial charge is 0.450 e. The number of benzene rings is 2. The van der Waals surface area contributed by atoms with Crippen molar-refractivity contribution in [3.8, 4) is 11.5 Å². The molecule has 39 heavy (non-hydrogen) atoms. The molecule has 1 aliphatic heterocycles. The third-order valence-corrected chi connectivity index (χ3v) is 9.67. The molecule has 0 aliphatic carbocycles. The molecule has 0 unspecified atom stereocenters. The second kappa shape index (κ2) is 11.5. The molecule has 13 nitrogen and oxygen atoms in total. The number of rotatable bonds is 8. The molecule has 208 valence electrons. The van der Waals surface area contributed by atoms with Gasteiger partial charge in [-0.3, -0.25) is 10.1 Å². The summed E-state index contributed by atoms with van der Waals surface area (Å²) in [5.74, 6) is -0.541. The molecule has 1 fully saturated rings. The highest BCUT2D eigenvalue weighted by Crippen LogP contribution is 2.23. The van der Waals surface area contributed by atoms with Crippen LogP contribution in [0.15, 0.2) is 62.7 Å². The molecule has 0 bridgehead atoms. The van der Waals surface area contributed by atoms with E-state index in [9.17, 15) is 26.4 Å². The van der Waals surface area contributed by atoms with Gasteiger partial charge < -0.3 is 14.1 Å². The van der Waals surface area contributed by atoms with Gasteiger partial charge in [-0.1, -0.05) is 12.0 Å².